The Hall–Kier alpha value is -1.88. The van der Waals surface area contributed by atoms with Crippen LogP contribution in [0.3, 0.4) is 0 Å². The van der Waals surface area contributed by atoms with E-state index in [4.69, 9.17) is 0 Å². The molecule has 0 spiro atoms. The Bertz CT molecular complexity index is 857. The van der Waals surface area contributed by atoms with Gasteiger partial charge in [0, 0.05) is 23.3 Å². The van der Waals surface area contributed by atoms with Crippen LogP contribution in [0.25, 0.3) is 0 Å². The van der Waals surface area contributed by atoms with Gasteiger partial charge in [-0.1, -0.05) is 27.7 Å². The van der Waals surface area contributed by atoms with Gasteiger partial charge in [-0.15, -0.1) is 11.3 Å². The van der Waals surface area contributed by atoms with Crippen LogP contribution in [0.15, 0.2) is 23.7 Å². The molecule has 1 aliphatic carbocycles. The first-order valence-corrected chi connectivity index (χ1v) is 11.8. The number of amides is 1. The van der Waals surface area contributed by atoms with Crippen LogP contribution in [0, 0.1) is 17.3 Å². The fourth-order valence-electron chi connectivity index (χ4n) is 4.53. The summed E-state index contributed by atoms with van der Waals surface area (Å²) in [6, 6.07) is 4.01. The molecule has 156 valence electrons. The first-order valence-electron chi connectivity index (χ1n) is 10.9. The van der Waals surface area contributed by atoms with Crippen molar-refractivity contribution in [1.82, 2.24) is 4.98 Å². The number of carbonyl (C=O) groups excluding carboxylic acids is 1. The number of anilines is 2. The van der Waals surface area contributed by atoms with Gasteiger partial charge in [0.05, 0.1) is 17.4 Å². The van der Waals surface area contributed by atoms with Crippen LogP contribution in [0.1, 0.15) is 67.8 Å². The van der Waals surface area contributed by atoms with Crippen molar-refractivity contribution >= 4 is 28.7 Å². The smallest absolute Gasteiger partial charge is 0.256 e. The van der Waals surface area contributed by atoms with E-state index in [1.165, 1.54) is 23.3 Å². The quantitative estimate of drug-likeness (QED) is 0.696. The van der Waals surface area contributed by atoms with Crippen molar-refractivity contribution in [3.05, 3.63) is 39.7 Å². The summed E-state index contributed by atoms with van der Waals surface area (Å²) in [6.45, 7) is 11.4. The van der Waals surface area contributed by atoms with Crippen LogP contribution in [0.4, 0.5) is 11.5 Å². The lowest BCUT2D eigenvalue weighted by atomic mass is 9.72. The molecule has 1 saturated heterocycles. The van der Waals surface area contributed by atoms with Crippen LogP contribution in [0.5, 0.6) is 0 Å². The average Bonchev–Trinajstić information content (AvgIpc) is 3.12. The summed E-state index contributed by atoms with van der Waals surface area (Å²) < 4.78 is 0. The molecule has 4 nitrogen and oxygen atoms in total. The summed E-state index contributed by atoms with van der Waals surface area (Å²) in [7, 11) is 0. The van der Waals surface area contributed by atoms with E-state index in [0.29, 0.717) is 11.3 Å². The Labute approximate surface area is 178 Å². The third kappa shape index (κ3) is 4.50. The molecule has 0 saturated carbocycles. The second-order valence-electron chi connectivity index (χ2n) is 9.89. The van der Waals surface area contributed by atoms with Gasteiger partial charge in [0.1, 0.15) is 5.82 Å². The number of hydrogen-bond donors (Lipinski definition) is 1. The van der Waals surface area contributed by atoms with Gasteiger partial charge in [-0.05, 0) is 67.1 Å². The van der Waals surface area contributed by atoms with E-state index < -0.39 is 0 Å². The largest absolute Gasteiger partial charge is 0.357 e. The molecule has 0 aromatic carbocycles. The maximum Gasteiger partial charge on any atom is 0.256 e. The lowest BCUT2D eigenvalue weighted by Crippen LogP contribution is -2.33. The maximum absolute atomic E-state index is 12.9. The van der Waals surface area contributed by atoms with E-state index in [0.717, 1.165) is 55.3 Å². The van der Waals surface area contributed by atoms with E-state index in [2.05, 4.69) is 42.9 Å². The molecule has 2 aliphatic rings. The highest BCUT2D eigenvalue weighted by Gasteiger charge is 2.31. The third-order valence-corrected chi connectivity index (χ3v) is 7.79. The summed E-state index contributed by atoms with van der Waals surface area (Å²) in [5.74, 6) is 2.51. The summed E-state index contributed by atoms with van der Waals surface area (Å²) in [6.07, 6.45) is 7.51. The predicted octanol–water partition coefficient (Wildman–Crippen LogP) is 5.78. The van der Waals surface area contributed by atoms with Crippen molar-refractivity contribution < 1.29 is 4.79 Å². The molecule has 0 bridgehead atoms. The summed E-state index contributed by atoms with van der Waals surface area (Å²) in [5, 5.41) is 5.10. The molecule has 29 heavy (non-hydrogen) atoms. The second kappa shape index (κ2) is 8.10. The number of pyridine rings is 1. The van der Waals surface area contributed by atoms with Gasteiger partial charge >= 0.3 is 0 Å². The van der Waals surface area contributed by atoms with Crippen LogP contribution in [0.2, 0.25) is 0 Å². The van der Waals surface area contributed by atoms with Gasteiger partial charge in [0.2, 0.25) is 0 Å². The van der Waals surface area contributed by atoms with Crippen LogP contribution in [-0.4, -0.2) is 24.0 Å². The average molecular weight is 412 g/mol. The van der Waals surface area contributed by atoms with E-state index in [1.54, 1.807) is 17.5 Å². The second-order valence-corrected chi connectivity index (χ2v) is 10.8. The molecule has 1 fully saturated rings. The molecule has 1 amide bonds. The highest BCUT2D eigenvalue weighted by atomic mass is 32.1. The molecule has 1 unspecified atom stereocenters. The minimum absolute atomic E-state index is 0.00180. The Morgan fingerprint density at radius 3 is 2.62 bits per heavy atom. The standard InChI is InChI=1S/C24H33N3OS/c1-16-9-11-27(12-10-16)22-8-6-18(14-25-22)26-23(28)20-15-29-21-13-17(24(2,3)4)5-7-19(20)21/h6,8,14-17H,5,7,9-13H2,1-4H3,(H,26,28). The first-order chi connectivity index (χ1) is 13.8. The number of nitrogens with zero attached hydrogens (tertiary/aromatic N) is 2. The molecule has 1 atom stereocenters. The lowest BCUT2D eigenvalue weighted by Gasteiger charge is -2.34. The van der Waals surface area contributed by atoms with Crippen molar-refractivity contribution in [1.29, 1.82) is 0 Å². The van der Waals surface area contributed by atoms with Gasteiger partial charge in [0.15, 0.2) is 0 Å². The van der Waals surface area contributed by atoms with Crippen LogP contribution < -0.4 is 10.2 Å². The fourth-order valence-corrected chi connectivity index (χ4v) is 5.69. The van der Waals surface area contributed by atoms with E-state index in [1.807, 2.05) is 17.5 Å². The minimum Gasteiger partial charge on any atom is -0.357 e. The Morgan fingerprint density at radius 1 is 1.21 bits per heavy atom. The highest BCUT2D eigenvalue weighted by Crippen LogP contribution is 2.40. The summed E-state index contributed by atoms with van der Waals surface area (Å²) in [4.78, 5) is 21.2. The molecule has 3 heterocycles. The van der Waals surface area contributed by atoms with Crippen LogP contribution >= 0.6 is 11.3 Å². The Balaban J connectivity index is 1.41. The Kier molecular flexibility index (Phi) is 5.69. The van der Waals surface area contributed by atoms with E-state index in [-0.39, 0.29) is 5.91 Å². The monoisotopic (exact) mass is 411 g/mol. The predicted molar refractivity (Wildman–Crippen MR) is 122 cm³/mol. The Morgan fingerprint density at radius 2 is 1.97 bits per heavy atom. The number of thiophene rings is 1. The lowest BCUT2D eigenvalue weighted by molar-refractivity contribution is 0.102. The van der Waals surface area contributed by atoms with Gasteiger partial charge in [-0.25, -0.2) is 4.98 Å². The topological polar surface area (TPSA) is 45.2 Å². The molecule has 5 heteroatoms. The highest BCUT2D eigenvalue weighted by molar-refractivity contribution is 7.10. The first kappa shape index (κ1) is 20.4. The number of piperidine rings is 1. The third-order valence-electron chi connectivity index (χ3n) is 6.74. The van der Waals surface area contributed by atoms with E-state index in [9.17, 15) is 4.79 Å². The molecular formula is C24H33N3OS. The van der Waals surface area contributed by atoms with Crippen molar-refractivity contribution in [2.24, 2.45) is 17.3 Å². The zero-order valence-electron chi connectivity index (χ0n) is 18.1. The summed E-state index contributed by atoms with van der Waals surface area (Å²) in [5.41, 5.74) is 3.21. The van der Waals surface area contributed by atoms with Crippen LogP contribution in [-0.2, 0) is 12.8 Å². The number of aromatic nitrogens is 1. The summed E-state index contributed by atoms with van der Waals surface area (Å²) >= 11 is 1.75. The number of hydrogen-bond acceptors (Lipinski definition) is 4. The molecular weight excluding hydrogens is 378 g/mol. The van der Waals surface area contributed by atoms with Gasteiger partial charge in [0.25, 0.3) is 5.91 Å². The SMILES string of the molecule is CC1CCN(c2ccc(NC(=O)c3csc4c3CCC(C(C)(C)C)C4)cn2)CC1. The molecule has 1 aliphatic heterocycles. The minimum atomic E-state index is -0.00180. The van der Waals surface area contributed by atoms with Gasteiger partial charge in [-0.3, -0.25) is 4.79 Å². The van der Waals surface area contributed by atoms with Crippen molar-refractivity contribution in [3.63, 3.8) is 0 Å². The van der Waals surface area contributed by atoms with E-state index >= 15 is 0 Å². The van der Waals surface area contributed by atoms with Gasteiger partial charge in [-0.2, -0.15) is 0 Å². The number of carbonyl (C=O) groups is 1. The molecule has 2 aromatic rings. The molecule has 2 aromatic heterocycles. The van der Waals surface area contributed by atoms with Gasteiger partial charge < -0.3 is 10.2 Å². The van der Waals surface area contributed by atoms with Crippen molar-refractivity contribution in [3.8, 4) is 0 Å². The number of nitrogens with one attached hydrogen (secondary N) is 1. The maximum atomic E-state index is 12.9. The molecule has 4 rings (SSSR count). The van der Waals surface area contributed by atoms with Crippen molar-refractivity contribution in [2.45, 2.75) is 59.8 Å². The number of fused-ring (bicyclic) bond motifs is 1. The fraction of sp³-hybridized carbons (Fsp3) is 0.583. The molecule has 0 radical (unpaired) electrons. The number of rotatable bonds is 3. The zero-order chi connectivity index (χ0) is 20.6. The van der Waals surface area contributed by atoms with Crippen molar-refractivity contribution in [2.75, 3.05) is 23.3 Å². The normalized spacial score (nSPS) is 20.4. The molecule has 1 N–H and O–H groups in total. The zero-order valence-corrected chi connectivity index (χ0v) is 18.9.